The van der Waals surface area contributed by atoms with Crippen LogP contribution in [0.4, 0.5) is 0 Å². The lowest BCUT2D eigenvalue weighted by molar-refractivity contribution is 0.0610. The van der Waals surface area contributed by atoms with Gasteiger partial charge in [0.2, 0.25) is 0 Å². The molecule has 0 saturated heterocycles. The fraction of sp³-hybridized carbons (Fsp3) is 0.559. The Morgan fingerprint density at radius 3 is 2.11 bits per heavy atom. The van der Waals surface area contributed by atoms with E-state index in [1.54, 1.807) is 0 Å². The van der Waals surface area contributed by atoms with Gasteiger partial charge in [-0.05, 0) is 99.6 Å². The highest BCUT2D eigenvalue weighted by Crippen LogP contribution is 2.41. The Morgan fingerprint density at radius 1 is 0.919 bits per heavy atom. The van der Waals surface area contributed by atoms with Crippen molar-refractivity contribution in [1.82, 2.24) is 0 Å². The lowest BCUT2D eigenvalue weighted by atomic mass is 9.70. The van der Waals surface area contributed by atoms with Gasteiger partial charge in [0.1, 0.15) is 11.4 Å². The van der Waals surface area contributed by atoms with Crippen LogP contribution in [0.3, 0.4) is 0 Å². The summed E-state index contributed by atoms with van der Waals surface area (Å²) in [6, 6.07) is 15.4. The molecule has 0 bridgehead atoms. The molecule has 0 heterocycles. The molecule has 3 nitrogen and oxygen atoms in total. The van der Waals surface area contributed by atoms with E-state index in [-0.39, 0.29) is 5.41 Å². The molecule has 0 atom stereocenters. The molecule has 1 saturated carbocycles. The number of aryl methyl sites for hydroxylation is 2. The van der Waals surface area contributed by atoms with E-state index < -0.39 is 5.60 Å². The van der Waals surface area contributed by atoms with Crippen LogP contribution in [0.15, 0.2) is 36.4 Å². The van der Waals surface area contributed by atoms with Crippen molar-refractivity contribution in [3.63, 3.8) is 0 Å². The molecule has 37 heavy (non-hydrogen) atoms. The number of hydrogen-bond acceptors (Lipinski definition) is 3. The number of ether oxygens (including phenoxy) is 1. The zero-order valence-corrected chi connectivity index (χ0v) is 24.0. The van der Waals surface area contributed by atoms with Crippen LogP contribution < -0.4 is 4.74 Å². The second-order valence-electron chi connectivity index (χ2n) is 10.1. The van der Waals surface area contributed by atoms with Crippen LogP contribution in [0.5, 0.6) is 5.75 Å². The summed E-state index contributed by atoms with van der Waals surface area (Å²) in [4.78, 5) is 0. The maximum absolute atomic E-state index is 10.8. The number of nitriles is 1. The van der Waals surface area contributed by atoms with E-state index in [2.05, 4.69) is 82.0 Å². The van der Waals surface area contributed by atoms with E-state index in [0.717, 1.165) is 73.8 Å². The molecule has 0 radical (unpaired) electrons. The van der Waals surface area contributed by atoms with E-state index in [1.165, 1.54) is 17.5 Å². The van der Waals surface area contributed by atoms with Gasteiger partial charge in [-0.1, -0.05) is 70.2 Å². The van der Waals surface area contributed by atoms with E-state index >= 15 is 0 Å². The molecular formula is C34H47NO2. The second kappa shape index (κ2) is 14.9. The van der Waals surface area contributed by atoms with Gasteiger partial charge in [-0.15, -0.1) is 0 Å². The summed E-state index contributed by atoms with van der Waals surface area (Å²) in [5, 5.41) is 19.5. The topological polar surface area (TPSA) is 53.2 Å². The summed E-state index contributed by atoms with van der Waals surface area (Å²) in [5.74, 6) is 7.41. The SMILES string of the molecule is CC.CCC(CC)(c1ccc(C#CC2(O)CCCCC2)c(C)c1)c1ccc(OCCCCC#N)c(C)c1. The molecule has 2 aromatic rings. The number of rotatable bonds is 9. The normalized spacial score (nSPS) is 14.4. The van der Waals surface area contributed by atoms with Gasteiger partial charge in [-0.25, -0.2) is 0 Å². The van der Waals surface area contributed by atoms with Gasteiger partial charge < -0.3 is 9.84 Å². The molecule has 0 aliphatic heterocycles. The van der Waals surface area contributed by atoms with Crippen LogP contribution in [-0.2, 0) is 5.41 Å². The van der Waals surface area contributed by atoms with Crippen LogP contribution in [0, 0.1) is 37.0 Å². The number of benzene rings is 2. The van der Waals surface area contributed by atoms with Crippen molar-refractivity contribution < 1.29 is 9.84 Å². The third-order valence-corrected chi connectivity index (χ3v) is 7.76. The Hall–Kier alpha value is -2.75. The lowest BCUT2D eigenvalue weighted by Gasteiger charge is -2.34. The molecule has 200 valence electrons. The Morgan fingerprint density at radius 2 is 1.54 bits per heavy atom. The van der Waals surface area contributed by atoms with Gasteiger partial charge in [0, 0.05) is 17.4 Å². The average molecular weight is 502 g/mol. The van der Waals surface area contributed by atoms with Crippen molar-refractivity contribution in [1.29, 1.82) is 5.26 Å². The molecule has 0 aromatic heterocycles. The van der Waals surface area contributed by atoms with Crippen LogP contribution >= 0.6 is 0 Å². The highest BCUT2D eigenvalue weighted by atomic mass is 16.5. The predicted octanol–water partition coefficient (Wildman–Crippen LogP) is 8.56. The fourth-order valence-corrected chi connectivity index (χ4v) is 5.38. The van der Waals surface area contributed by atoms with E-state index in [4.69, 9.17) is 10.00 Å². The van der Waals surface area contributed by atoms with Crippen LogP contribution in [-0.4, -0.2) is 17.3 Å². The Kier molecular flexibility index (Phi) is 12.2. The third-order valence-electron chi connectivity index (χ3n) is 7.76. The Labute approximate surface area is 226 Å². The van der Waals surface area contributed by atoms with Gasteiger partial charge in [-0.3, -0.25) is 0 Å². The van der Waals surface area contributed by atoms with Crippen molar-refractivity contribution in [2.24, 2.45) is 0 Å². The van der Waals surface area contributed by atoms with E-state index in [9.17, 15) is 5.11 Å². The van der Waals surface area contributed by atoms with Crippen molar-refractivity contribution in [2.75, 3.05) is 6.61 Å². The van der Waals surface area contributed by atoms with Crippen molar-refractivity contribution in [3.05, 3.63) is 64.2 Å². The number of unbranched alkanes of at least 4 members (excludes halogenated alkanes) is 2. The molecule has 1 fully saturated rings. The zero-order valence-electron chi connectivity index (χ0n) is 24.0. The summed E-state index contributed by atoms with van der Waals surface area (Å²) in [7, 11) is 0. The molecular weight excluding hydrogens is 454 g/mol. The molecule has 2 aromatic carbocycles. The summed E-state index contributed by atoms with van der Waals surface area (Å²) in [6.45, 7) is 13.4. The first-order valence-corrected chi connectivity index (χ1v) is 14.3. The fourth-order valence-electron chi connectivity index (χ4n) is 5.38. The second-order valence-corrected chi connectivity index (χ2v) is 10.1. The number of aliphatic hydroxyl groups is 1. The van der Waals surface area contributed by atoms with Gasteiger partial charge in [0.05, 0.1) is 12.7 Å². The minimum Gasteiger partial charge on any atom is -0.493 e. The van der Waals surface area contributed by atoms with Crippen molar-refractivity contribution >= 4 is 0 Å². The van der Waals surface area contributed by atoms with Crippen LogP contribution in [0.2, 0.25) is 0 Å². The maximum Gasteiger partial charge on any atom is 0.125 e. The molecule has 3 heteroatoms. The quantitative estimate of drug-likeness (QED) is 0.276. The summed E-state index contributed by atoms with van der Waals surface area (Å²) < 4.78 is 6.00. The van der Waals surface area contributed by atoms with Crippen LogP contribution in [0.1, 0.15) is 120 Å². The molecule has 1 N–H and O–H groups in total. The molecule has 0 spiro atoms. The molecule has 0 unspecified atom stereocenters. The Bertz CT molecular complexity index is 1090. The Balaban J connectivity index is 0.00000235. The standard InChI is InChI=1S/C32H41NO2.C2H6/c1-5-32(6-2,29-15-16-30(26(4)24-29)35-22-12-8-11-21-33)28-14-13-27(25(3)23-28)17-20-31(34)18-9-7-10-19-31;1-2/h13-16,23-24,34H,5-12,18-19,22H2,1-4H3;1-2H3. The van der Waals surface area contributed by atoms with Gasteiger partial charge in [0.15, 0.2) is 0 Å². The van der Waals surface area contributed by atoms with Gasteiger partial charge >= 0.3 is 0 Å². The molecule has 1 aliphatic rings. The average Bonchev–Trinajstić information content (AvgIpc) is 2.91. The summed E-state index contributed by atoms with van der Waals surface area (Å²) >= 11 is 0. The smallest absolute Gasteiger partial charge is 0.125 e. The number of nitrogens with zero attached hydrogens (tertiary/aromatic N) is 1. The molecule has 0 amide bonds. The van der Waals surface area contributed by atoms with Gasteiger partial charge in [-0.2, -0.15) is 5.26 Å². The van der Waals surface area contributed by atoms with E-state index in [0.29, 0.717) is 13.0 Å². The van der Waals surface area contributed by atoms with E-state index in [1.807, 2.05) is 13.8 Å². The monoisotopic (exact) mass is 501 g/mol. The van der Waals surface area contributed by atoms with Crippen molar-refractivity contribution in [3.8, 4) is 23.7 Å². The number of hydrogen-bond donors (Lipinski definition) is 1. The zero-order chi connectivity index (χ0) is 27.3. The van der Waals surface area contributed by atoms with Crippen LogP contribution in [0.25, 0.3) is 0 Å². The largest absolute Gasteiger partial charge is 0.493 e. The minimum absolute atomic E-state index is 0.0750. The first-order valence-electron chi connectivity index (χ1n) is 14.3. The summed E-state index contributed by atoms with van der Waals surface area (Å²) in [5.41, 5.74) is 5.04. The first kappa shape index (κ1) is 30.5. The highest BCUT2D eigenvalue weighted by Gasteiger charge is 2.31. The third kappa shape index (κ3) is 7.87. The summed E-state index contributed by atoms with van der Waals surface area (Å²) in [6.07, 6.45) is 9.24. The van der Waals surface area contributed by atoms with Crippen molar-refractivity contribution in [2.45, 2.75) is 117 Å². The maximum atomic E-state index is 10.8. The molecule has 1 aliphatic carbocycles. The lowest BCUT2D eigenvalue weighted by Crippen LogP contribution is -2.29. The predicted molar refractivity (Wildman–Crippen MR) is 155 cm³/mol. The molecule has 3 rings (SSSR count). The minimum atomic E-state index is -0.822. The highest BCUT2D eigenvalue weighted by molar-refractivity contribution is 5.50. The van der Waals surface area contributed by atoms with Gasteiger partial charge in [0.25, 0.3) is 0 Å². The first-order chi connectivity index (χ1) is 17.9.